The van der Waals surface area contributed by atoms with Gasteiger partial charge in [-0.25, -0.2) is 4.79 Å². The van der Waals surface area contributed by atoms with Gasteiger partial charge in [-0.05, 0) is 19.1 Å². The number of imide groups is 3. The lowest BCUT2D eigenvalue weighted by Crippen LogP contribution is -2.36. The lowest BCUT2D eigenvalue weighted by atomic mass is 10.1. The van der Waals surface area contributed by atoms with Gasteiger partial charge in [0, 0.05) is 5.69 Å². The van der Waals surface area contributed by atoms with Gasteiger partial charge in [-0.1, -0.05) is 6.07 Å². The minimum Gasteiger partial charge on any atom is -0.449 e. The maximum Gasteiger partial charge on any atom is 0.424 e. The maximum atomic E-state index is 11.9. The molecule has 1 heterocycles. The summed E-state index contributed by atoms with van der Waals surface area (Å²) in [7, 11) is 0. The summed E-state index contributed by atoms with van der Waals surface area (Å²) in [5, 5.41) is 0. The standard InChI is InChI=1S/C11H10N2O4.ClH/c1-2-17-11(16)13-9(14)6-4-3-5-7(12)8(6)10(13)15;/h3-5H,2,12H2,1H3;1H. The van der Waals surface area contributed by atoms with Gasteiger partial charge >= 0.3 is 6.09 Å². The molecule has 1 aromatic rings. The van der Waals surface area contributed by atoms with E-state index in [4.69, 9.17) is 5.73 Å². The fourth-order valence-corrected chi connectivity index (χ4v) is 1.67. The molecule has 1 aromatic carbocycles. The van der Waals surface area contributed by atoms with E-state index in [0.717, 1.165) is 0 Å². The van der Waals surface area contributed by atoms with Crippen LogP contribution in [0.15, 0.2) is 18.2 Å². The zero-order chi connectivity index (χ0) is 12.6. The summed E-state index contributed by atoms with van der Waals surface area (Å²) >= 11 is 0. The predicted octanol–water partition coefficient (Wildman–Crippen LogP) is 1.44. The van der Waals surface area contributed by atoms with Crippen LogP contribution in [0.2, 0.25) is 0 Å². The summed E-state index contributed by atoms with van der Waals surface area (Å²) in [6.45, 7) is 1.67. The number of carbonyl (C=O) groups excluding carboxylic acids is 3. The molecule has 0 atom stereocenters. The molecule has 0 aliphatic carbocycles. The SMILES string of the molecule is CCOC(=O)N1C(=O)c2cccc(N)c2C1=O.Cl. The molecular formula is C11H11ClN2O4. The second-order valence-electron chi connectivity index (χ2n) is 3.41. The monoisotopic (exact) mass is 270 g/mol. The van der Waals surface area contributed by atoms with Crippen LogP contribution in [0.25, 0.3) is 0 Å². The summed E-state index contributed by atoms with van der Waals surface area (Å²) in [6.07, 6.45) is -0.974. The molecule has 2 N–H and O–H groups in total. The highest BCUT2D eigenvalue weighted by molar-refractivity contribution is 6.29. The Balaban J connectivity index is 0.00000162. The van der Waals surface area contributed by atoms with Crippen molar-refractivity contribution < 1.29 is 19.1 Å². The normalized spacial score (nSPS) is 13.1. The number of nitrogens with zero attached hydrogens (tertiary/aromatic N) is 1. The van der Waals surface area contributed by atoms with Crippen LogP contribution >= 0.6 is 12.4 Å². The fraction of sp³-hybridized carbons (Fsp3) is 0.182. The highest BCUT2D eigenvalue weighted by atomic mass is 35.5. The van der Waals surface area contributed by atoms with Crippen LogP contribution in [-0.4, -0.2) is 29.4 Å². The van der Waals surface area contributed by atoms with Crippen molar-refractivity contribution in [2.24, 2.45) is 0 Å². The number of carbonyl (C=O) groups is 3. The molecule has 0 bridgehead atoms. The topological polar surface area (TPSA) is 89.7 Å². The smallest absolute Gasteiger partial charge is 0.424 e. The Bertz CT molecular complexity index is 530. The zero-order valence-electron chi connectivity index (χ0n) is 9.50. The van der Waals surface area contributed by atoms with Crippen molar-refractivity contribution in [3.8, 4) is 0 Å². The summed E-state index contributed by atoms with van der Waals surface area (Å²) in [4.78, 5) is 35.6. The third-order valence-electron chi connectivity index (χ3n) is 2.40. The molecule has 0 aromatic heterocycles. The largest absolute Gasteiger partial charge is 0.449 e. The highest BCUT2D eigenvalue weighted by Gasteiger charge is 2.42. The maximum absolute atomic E-state index is 11.9. The third kappa shape index (κ3) is 1.91. The number of ether oxygens (including phenoxy) is 1. The van der Waals surface area contributed by atoms with Crippen molar-refractivity contribution >= 4 is 36.0 Å². The zero-order valence-corrected chi connectivity index (χ0v) is 10.3. The first-order valence-electron chi connectivity index (χ1n) is 5.02. The van der Waals surface area contributed by atoms with Gasteiger partial charge in [0.2, 0.25) is 0 Å². The molecule has 0 fully saturated rings. The first-order chi connectivity index (χ1) is 8.07. The molecule has 0 saturated carbocycles. The minimum absolute atomic E-state index is 0. The van der Waals surface area contributed by atoms with Crippen LogP contribution in [0.3, 0.4) is 0 Å². The van der Waals surface area contributed by atoms with Gasteiger partial charge in [-0.2, -0.15) is 4.90 Å². The van der Waals surface area contributed by atoms with Crippen LogP contribution in [0.1, 0.15) is 27.6 Å². The molecule has 1 aliphatic rings. The van der Waals surface area contributed by atoms with Crippen molar-refractivity contribution in [2.45, 2.75) is 6.92 Å². The van der Waals surface area contributed by atoms with Gasteiger partial charge in [-0.15, -0.1) is 12.4 Å². The molecule has 7 heteroatoms. The summed E-state index contributed by atoms with van der Waals surface area (Å²) in [6, 6.07) is 4.50. The molecule has 1 aliphatic heterocycles. The number of fused-ring (bicyclic) bond motifs is 1. The summed E-state index contributed by atoms with van der Waals surface area (Å²) < 4.78 is 4.64. The van der Waals surface area contributed by atoms with E-state index in [0.29, 0.717) is 4.90 Å². The van der Waals surface area contributed by atoms with Crippen LogP contribution in [0.5, 0.6) is 0 Å². The van der Waals surface area contributed by atoms with Gasteiger partial charge in [0.15, 0.2) is 0 Å². The third-order valence-corrected chi connectivity index (χ3v) is 2.40. The number of hydrogen-bond acceptors (Lipinski definition) is 5. The van der Waals surface area contributed by atoms with Crippen molar-refractivity contribution in [3.05, 3.63) is 29.3 Å². The molecule has 0 spiro atoms. The number of benzene rings is 1. The Hall–Kier alpha value is -2.08. The van der Waals surface area contributed by atoms with E-state index >= 15 is 0 Å². The first-order valence-corrected chi connectivity index (χ1v) is 5.02. The fourth-order valence-electron chi connectivity index (χ4n) is 1.67. The number of nitrogen functional groups attached to an aromatic ring is 1. The number of anilines is 1. The number of nitrogens with two attached hydrogens (primary N) is 1. The van der Waals surface area contributed by atoms with Crippen LogP contribution in [0, 0.1) is 0 Å². The van der Waals surface area contributed by atoms with Crippen molar-refractivity contribution in [1.82, 2.24) is 4.90 Å². The number of amides is 3. The van der Waals surface area contributed by atoms with E-state index in [1.165, 1.54) is 12.1 Å². The Kier molecular flexibility index (Phi) is 3.93. The number of halogens is 1. The van der Waals surface area contributed by atoms with Crippen molar-refractivity contribution in [2.75, 3.05) is 12.3 Å². The second-order valence-corrected chi connectivity index (χ2v) is 3.41. The van der Waals surface area contributed by atoms with Crippen LogP contribution in [-0.2, 0) is 4.74 Å². The Morgan fingerprint density at radius 1 is 1.33 bits per heavy atom. The number of hydrogen-bond donors (Lipinski definition) is 1. The van der Waals surface area contributed by atoms with Gasteiger partial charge < -0.3 is 10.5 Å². The van der Waals surface area contributed by atoms with Gasteiger partial charge in [0.1, 0.15) is 0 Å². The first kappa shape index (κ1) is 14.0. The van der Waals surface area contributed by atoms with E-state index in [1.54, 1.807) is 13.0 Å². The Labute approximate surface area is 109 Å². The predicted molar refractivity (Wildman–Crippen MR) is 65.6 cm³/mol. The molecule has 18 heavy (non-hydrogen) atoms. The van der Waals surface area contributed by atoms with Crippen LogP contribution in [0.4, 0.5) is 10.5 Å². The summed E-state index contributed by atoms with van der Waals surface area (Å²) in [5.74, 6) is -1.43. The van der Waals surface area contributed by atoms with E-state index < -0.39 is 17.9 Å². The number of rotatable bonds is 1. The quantitative estimate of drug-likeness (QED) is 0.616. The van der Waals surface area contributed by atoms with E-state index in [9.17, 15) is 14.4 Å². The lowest BCUT2D eigenvalue weighted by Gasteiger charge is -2.10. The van der Waals surface area contributed by atoms with Crippen molar-refractivity contribution in [3.63, 3.8) is 0 Å². The molecule has 96 valence electrons. The molecule has 3 amide bonds. The van der Waals surface area contributed by atoms with E-state index in [-0.39, 0.29) is 35.8 Å². The van der Waals surface area contributed by atoms with Gasteiger partial charge in [-0.3, -0.25) is 9.59 Å². The molecule has 0 radical (unpaired) electrons. The van der Waals surface area contributed by atoms with E-state index in [2.05, 4.69) is 4.74 Å². The van der Waals surface area contributed by atoms with E-state index in [1.807, 2.05) is 0 Å². The highest BCUT2D eigenvalue weighted by Crippen LogP contribution is 2.27. The Morgan fingerprint density at radius 3 is 2.56 bits per heavy atom. The average molecular weight is 271 g/mol. The van der Waals surface area contributed by atoms with Crippen molar-refractivity contribution in [1.29, 1.82) is 0 Å². The molecule has 0 unspecified atom stereocenters. The molecule has 0 saturated heterocycles. The van der Waals surface area contributed by atoms with Gasteiger partial charge in [0.05, 0.1) is 17.7 Å². The van der Waals surface area contributed by atoms with Crippen LogP contribution < -0.4 is 5.73 Å². The second kappa shape index (κ2) is 5.05. The Morgan fingerprint density at radius 2 is 2.00 bits per heavy atom. The molecule has 2 rings (SSSR count). The lowest BCUT2D eigenvalue weighted by molar-refractivity contribution is 0.0596. The average Bonchev–Trinajstić information content (AvgIpc) is 2.53. The minimum atomic E-state index is -0.974. The molecule has 6 nitrogen and oxygen atoms in total. The molecular weight excluding hydrogens is 260 g/mol. The summed E-state index contributed by atoms with van der Waals surface area (Å²) in [5.41, 5.74) is 5.97. The van der Waals surface area contributed by atoms with Gasteiger partial charge in [0.25, 0.3) is 11.8 Å².